The Labute approximate surface area is 132 Å². The lowest BCUT2D eigenvalue weighted by Crippen LogP contribution is -2.18. The van der Waals surface area contributed by atoms with Crippen molar-refractivity contribution in [2.45, 2.75) is 13.5 Å². The molecular formula is C16H15F2N5. The number of benzene rings is 1. The number of rotatable bonds is 4. The van der Waals surface area contributed by atoms with Crippen LogP contribution in [0.25, 0.3) is 5.82 Å². The van der Waals surface area contributed by atoms with Gasteiger partial charge in [0.25, 0.3) is 0 Å². The minimum absolute atomic E-state index is 0.395. The molecule has 3 aromatic rings. The number of nitrogens with zero attached hydrogens (tertiary/aromatic N) is 5. The first-order chi connectivity index (χ1) is 11.0. The quantitative estimate of drug-likeness (QED) is 0.743. The van der Waals surface area contributed by atoms with Crippen molar-refractivity contribution in [3.63, 3.8) is 0 Å². The van der Waals surface area contributed by atoms with E-state index in [4.69, 9.17) is 0 Å². The van der Waals surface area contributed by atoms with Gasteiger partial charge in [0.2, 0.25) is 0 Å². The SMILES string of the molecule is Cc1ccn(-c2ccc(N(C)Cc3ccc(F)c(F)c3)nn2)n1. The van der Waals surface area contributed by atoms with Gasteiger partial charge in [-0.1, -0.05) is 6.07 Å². The topological polar surface area (TPSA) is 46.8 Å². The van der Waals surface area contributed by atoms with Crippen LogP contribution in [-0.4, -0.2) is 27.0 Å². The van der Waals surface area contributed by atoms with E-state index < -0.39 is 11.6 Å². The summed E-state index contributed by atoms with van der Waals surface area (Å²) in [4.78, 5) is 1.80. The Morgan fingerprint density at radius 1 is 1.04 bits per heavy atom. The lowest BCUT2D eigenvalue weighted by atomic mass is 10.2. The maximum Gasteiger partial charge on any atom is 0.175 e. The molecule has 0 atom stereocenters. The summed E-state index contributed by atoms with van der Waals surface area (Å²) in [5.74, 6) is -0.466. The van der Waals surface area contributed by atoms with Gasteiger partial charge in [0.15, 0.2) is 23.3 Å². The summed E-state index contributed by atoms with van der Waals surface area (Å²) >= 11 is 0. The van der Waals surface area contributed by atoms with Crippen molar-refractivity contribution >= 4 is 5.82 Å². The molecule has 0 saturated heterocycles. The van der Waals surface area contributed by atoms with E-state index in [-0.39, 0.29) is 0 Å². The Morgan fingerprint density at radius 3 is 2.48 bits per heavy atom. The van der Waals surface area contributed by atoms with E-state index in [0.717, 1.165) is 11.8 Å². The normalized spacial score (nSPS) is 10.8. The molecule has 0 unspecified atom stereocenters. The van der Waals surface area contributed by atoms with Crippen molar-refractivity contribution in [3.8, 4) is 5.82 Å². The first-order valence-corrected chi connectivity index (χ1v) is 7.04. The zero-order valence-electron chi connectivity index (χ0n) is 12.7. The van der Waals surface area contributed by atoms with Gasteiger partial charge in [-0.15, -0.1) is 10.2 Å². The van der Waals surface area contributed by atoms with Gasteiger partial charge in [-0.3, -0.25) is 0 Å². The summed E-state index contributed by atoms with van der Waals surface area (Å²) in [5.41, 5.74) is 1.55. The van der Waals surface area contributed by atoms with Crippen molar-refractivity contribution in [2.75, 3.05) is 11.9 Å². The predicted molar refractivity (Wildman–Crippen MR) is 82.4 cm³/mol. The Hall–Kier alpha value is -2.83. The molecule has 0 aliphatic carbocycles. The maximum atomic E-state index is 13.2. The van der Waals surface area contributed by atoms with Crippen molar-refractivity contribution in [1.82, 2.24) is 20.0 Å². The third kappa shape index (κ3) is 3.33. The first kappa shape index (κ1) is 15.1. The largest absolute Gasteiger partial charge is 0.354 e. The molecule has 3 rings (SSSR count). The van der Waals surface area contributed by atoms with Crippen molar-refractivity contribution < 1.29 is 8.78 Å². The lowest BCUT2D eigenvalue weighted by Gasteiger charge is -2.17. The third-order valence-corrected chi connectivity index (χ3v) is 3.39. The van der Waals surface area contributed by atoms with E-state index in [1.165, 1.54) is 6.07 Å². The smallest absolute Gasteiger partial charge is 0.175 e. The monoisotopic (exact) mass is 315 g/mol. The fourth-order valence-electron chi connectivity index (χ4n) is 2.18. The van der Waals surface area contributed by atoms with Crippen molar-refractivity contribution in [2.24, 2.45) is 0 Å². The summed E-state index contributed by atoms with van der Waals surface area (Å²) in [6.07, 6.45) is 1.81. The zero-order valence-corrected chi connectivity index (χ0v) is 12.7. The van der Waals surface area contributed by atoms with E-state index in [1.807, 2.05) is 26.2 Å². The third-order valence-electron chi connectivity index (χ3n) is 3.39. The van der Waals surface area contributed by atoms with E-state index in [2.05, 4.69) is 15.3 Å². The lowest BCUT2D eigenvalue weighted by molar-refractivity contribution is 0.507. The standard InChI is InChI=1S/C16H15F2N5/c1-11-7-8-23(21-11)16-6-5-15(19-20-16)22(2)10-12-3-4-13(17)14(18)9-12/h3-9H,10H2,1-2H3. The van der Waals surface area contributed by atoms with Crippen molar-refractivity contribution in [1.29, 1.82) is 0 Å². The summed E-state index contributed by atoms with van der Waals surface area (Å²) < 4.78 is 27.8. The van der Waals surface area contributed by atoms with Gasteiger partial charge in [0.05, 0.1) is 5.69 Å². The van der Waals surface area contributed by atoms with Gasteiger partial charge in [-0.05, 0) is 42.8 Å². The maximum absolute atomic E-state index is 13.2. The van der Waals surface area contributed by atoms with Crippen LogP contribution < -0.4 is 4.90 Å². The highest BCUT2D eigenvalue weighted by Gasteiger charge is 2.08. The van der Waals surface area contributed by atoms with E-state index in [9.17, 15) is 8.78 Å². The van der Waals surface area contributed by atoms with Crippen molar-refractivity contribution in [3.05, 3.63) is 65.5 Å². The second-order valence-electron chi connectivity index (χ2n) is 5.26. The molecule has 7 heteroatoms. The Bertz CT molecular complexity index is 814. The van der Waals surface area contributed by atoms with Crippen LogP contribution in [0.3, 0.4) is 0 Å². The molecular weight excluding hydrogens is 300 g/mol. The van der Waals surface area contributed by atoms with Crippen LogP contribution in [0, 0.1) is 18.6 Å². The highest BCUT2D eigenvalue weighted by atomic mass is 19.2. The number of aryl methyl sites for hydroxylation is 1. The fraction of sp³-hybridized carbons (Fsp3) is 0.188. The van der Waals surface area contributed by atoms with Gasteiger partial charge in [-0.25, -0.2) is 13.5 Å². The molecule has 0 aliphatic heterocycles. The summed E-state index contributed by atoms with van der Waals surface area (Å²) in [5, 5.41) is 12.5. The van der Waals surface area contributed by atoms with Crippen LogP contribution >= 0.6 is 0 Å². The molecule has 2 heterocycles. The molecule has 0 saturated carbocycles. The highest BCUT2D eigenvalue weighted by Crippen LogP contribution is 2.15. The predicted octanol–water partition coefficient (Wildman–Crippen LogP) is 2.89. The average molecular weight is 315 g/mol. The summed E-state index contributed by atoms with van der Waals surface area (Å²) in [6.45, 7) is 2.29. The van der Waals surface area contributed by atoms with E-state index >= 15 is 0 Å². The molecule has 0 fully saturated rings. The number of aromatic nitrogens is 4. The molecule has 2 aromatic heterocycles. The molecule has 0 aliphatic rings. The van der Waals surface area contributed by atoms with E-state index in [0.29, 0.717) is 23.7 Å². The molecule has 0 N–H and O–H groups in total. The van der Waals surface area contributed by atoms with Gasteiger partial charge in [0.1, 0.15) is 0 Å². The zero-order chi connectivity index (χ0) is 16.4. The minimum atomic E-state index is -0.855. The fourth-order valence-corrected chi connectivity index (χ4v) is 2.18. The molecule has 23 heavy (non-hydrogen) atoms. The van der Waals surface area contributed by atoms with Crippen LogP contribution in [-0.2, 0) is 6.54 Å². The van der Waals surface area contributed by atoms with Gasteiger partial charge < -0.3 is 4.90 Å². The van der Waals surface area contributed by atoms with Gasteiger partial charge in [-0.2, -0.15) is 5.10 Å². The molecule has 0 spiro atoms. The van der Waals surface area contributed by atoms with Crippen LogP contribution in [0.2, 0.25) is 0 Å². The molecule has 0 radical (unpaired) electrons. The molecule has 5 nitrogen and oxygen atoms in total. The highest BCUT2D eigenvalue weighted by molar-refractivity contribution is 5.39. The Morgan fingerprint density at radius 2 is 1.87 bits per heavy atom. The molecule has 0 amide bonds. The van der Waals surface area contributed by atoms with Gasteiger partial charge in [0, 0.05) is 19.8 Å². The number of halogens is 2. The van der Waals surface area contributed by atoms with E-state index in [1.54, 1.807) is 27.8 Å². The number of hydrogen-bond donors (Lipinski definition) is 0. The van der Waals surface area contributed by atoms with Crippen LogP contribution in [0.1, 0.15) is 11.3 Å². The second-order valence-corrected chi connectivity index (χ2v) is 5.26. The number of hydrogen-bond acceptors (Lipinski definition) is 4. The second kappa shape index (κ2) is 6.12. The average Bonchev–Trinajstić information content (AvgIpc) is 2.97. The van der Waals surface area contributed by atoms with Crippen LogP contribution in [0.4, 0.5) is 14.6 Å². The van der Waals surface area contributed by atoms with Crippen LogP contribution in [0.15, 0.2) is 42.6 Å². The molecule has 118 valence electrons. The van der Waals surface area contributed by atoms with Gasteiger partial charge >= 0.3 is 0 Å². The Balaban J connectivity index is 1.74. The summed E-state index contributed by atoms with van der Waals surface area (Å²) in [7, 11) is 1.81. The number of anilines is 1. The summed E-state index contributed by atoms with van der Waals surface area (Å²) in [6, 6.07) is 9.33. The first-order valence-electron chi connectivity index (χ1n) is 7.04. The Kier molecular flexibility index (Phi) is 4.01. The molecule has 0 bridgehead atoms. The minimum Gasteiger partial charge on any atom is -0.354 e. The van der Waals surface area contributed by atoms with Crippen LogP contribution in [0.5, 0.6) is 0 Å². The molecule has 1 aromatic carbocycles.